The van der Waals surface area contributed by atoms with Gasteiger partial charge in [0.25, 0.3) is 5.56 Å². The first kappa shape index (κ1) is 18.8. The van der Waals surface area contributed by atoms with Crippen LogP contribution < -0.4 is 11.3 Å². The first-order chi connectivity index (χ1) is 14.6. The van der Waals surface area contributed by atoms with Crippen LogP contribution in [-0.2, 0) is 5.75 Å². The van der Waals surface area contributed by atoms with E-state index in [-0.39, 0.29) is 5.56 Å². The van der Waals surface area contributed by atoms with Crippen LogP contribution in [-0.4, -0.2) is 19.5 Å². The Hall–Kier alpha value is -3.23. The highest BCUT2D eigenvalue weighted by Crippen LogP contribution is 2.36. The van der Waals surface area contributed by atoms with Crippen LogP contribution in [0.4, 0.5) is 11.5 Å². The Labute approximate surface area is 181 Å². The predicted molar refractivity (Wildman–Crippen MR) is 125 cm³/mol. The van der Waals surface area contributed by atoms with Gasteiger partial charge in [0.2, 0.25) is 4.96 Å². The third-order valence-electron chi connectivity index (χ3n) is 4.90. The SMILES string of the molecule is CC1=Nc2ccccc2/C1=C\c1c(N)n2c(SCc3ccccc3)nsc2nc1=O. The largest absolute Gasteiger partial charge is 0.384 e. The van der Waals surface area contributed by atoms with E-state index in [2.05, 4.69) is 26.5 Å². The van der Waals surface area contributed by atoms with E-state index in [0.29, 0.717) is 16.3 Å². The Kier molecular flexibility index (Phi) is 4.72. The smallest absolute Gasteiger partial charge is 0.283 e. The van der Waals surface area contributed by atoms with Gasteiger partial charge in [0.1, 0.15) is 5.82 Å². The van der Waals surface area contributed by atoms with Crippen LogP contribution in [0.15, 0.2) is 69.5 Å². The molecule has 148 valence electrons. The van der Waals surface area contributed by atoms with Crippen molar-refractivity contribution in [2.24, 2.45) is 4.99 Å². The van der Waals surface area contributed by atoms with Gasteiger partial charge in [0.05, 0.1) is 11.3 Å². The molecule has 0 saturated carbocycles. The van der Waals surface area contributed by atoms with E-state index in [9.17, 15) is 4.79 Å². The summed E-state index contributed by atoms with van der Waals surface area (Å²) in [5.41, 5.74) is 11.3. The third kappa shape index (κ3) is 3.24. The number of fused-ring (bicyclic) bond motifs is 2. The molecule has 0 unspecified atom stereocenters. The normalized spacial score (nSPS) is 14.3. The van der Waals surface area contributed by atoms with Gasteiger partial charge < -0.3 is 5.73 Å². The van der Waals surface area contributed by atoms with E-state index < -0.39 is 0 Å². The van der Waals surface area contributed by atoms with Crippen molar-refractivity contribution in [2.75, 3.05) is 5.73 Å². The molecule has 0 aliphatic carbocycles. The van der Waals surface area contributed by atoms with Gasteiger partial charge in [-0.2, -0.15) is 9.36 Å². The molecular weight excluding hydrogens is 414 g/mol. The minimum atomic E-state index is -0.361. The van der Waals surface area contributed by atoms with Crippen molar-refractivity contribution < 1.29 is 0 Å². The lowest BCUT2D eigenvalue weighted by Crippen LogP contribution is -2.16. The minimum absolute atomic E-state index is 0.346. The van der Waals surface area contributed by atoms with Crippen LogP contribution in [0.5, 0.6) is 0 Å². The third-order valence-corrected chi connectivity index (χ3v) is 6.73. The zero-order chi connectivity index (χ0) is 20.7. The second kappa shape index (κ2) is 7.55. The van der Waals surface area contributed by atoms with Crippen LogP contribution in [0.2, 0.25) is 0 Å². The summed E-state index contributed by atoms with van der Waals surface area (Å²) in [7, 11) is 0. The van der Waals surface area contributed by atoms with Crippen molar-refractivity contribution >= 4 is 57.1 Å². The molecule has 0 bridgehead atoms. The maximum absolute atomic E-state index is 12.7. The van der Waals surface area contributed by atoms with E-state index >= 15 is 0 Å². The molecule has 0 fully saturated rings. The standard InChI is InChI=1S/C22H17N5OS2/c1-13-16(15-9-5-6-10-18(15)24-13)11-17-19(23)27-21(25-20(17)28)30-26-22(27)29-12-14-7-3-2-4-8-14/h2-11H,12,23H2,1H3/b16-11-. The molecule has 3 heterocycles. The predicted octanol–water partition coefficient (Wildman–Crippen LogP) is 4.67. The number of nitrogens with zero attached hydrogens (tertiary/aromatic N) is 4. The molecule has 2 aromatic heterocycles. The van der Waals surface area contributed by atoms with Gasteiger partial charge in [0, 0.05) is 34.1 Å². The Morgan fingerprint density at radius 3 is 2.73 bits per heavy atom. The number of nitrogens with two attached hydrogens (primary N) is 1. The number of nitrogen functional groups attached to an aromatic ring is 1. The summed E-state index contributed by atoms with van der Waals surface area (Å²) in [6.07, 6.45) is 1.80. The number of anilines is 1. The van der Waals surface area contributed by atoms with Gasteiger partial charge in [-0.05, 0) is 24.6 Å². The van der Waals surface area contributed by atoms with Gasteiger partial charge in [-0.15, -0.1) is 0 Å². The lowest BCUT2D eigenvalue weighted by molar-refractivity contribution is 0.950. The quantitative estimate of drug-likeness (QED) is 0.475. The zero-order valence-electron chi connectivity index (χ0n) is 16.1. The molecule has 1 aliphatic heterocycles. The first-order valence-corrected chi connectivity index (χ1v) is 11.1. The number of aliphatic imine (C=N–C) groups is 1. The summed E-state index contributed by atoms with van der Waals surface area (Å²) in [6, 6.07) is 18.0. The molecule has 1 aliphatic rings. The maximum Gasteiger partial charge on any atom is 0.283 e. The molecule has 0 saturated heterocycles. The van der Waals surface area contributed by atoms with Gasteiger partial charge >= 0.3 is 0 Å². The average Bonchev–Trinajstić information content (AvgIpc) is 3.30. The number of aromatic nitrogens is 3. The molecule has 5 rings (SSSR count). The van der Waals surface area contributed by atoms with Crippen molar-refractivity contribution in [1.29, 1.82) is 0 Å². The van der Waals surface area contributed by atoms with Crippen molar-refractivity contribution in [3.8, 4) is 0 Å². The van der Waals surface area contributed by atoms with Crippen LogP contribution in [0.25, 0.3) is 16.6 Å². The summed E-state index contributed by atoms with van der Waals surface area (Å²) >= 11 is 2.74. The Balaban J connectivity index is 1.59. The summed E-state index contributed by atoms with van der Waals surface area (Å²) in [6.45, 7) is 1.93. The monoisotopic (exact) mass is 431 g/mol. The number of allylic oxidation sites excluding steroid dienone is 1. The van der Waals surface area contributed by atoms with Crippen molar-refractivity contribution in [3.63, 3.8) is 0 Å². The molecule has 2 aromatic carbocycles. The lowest BCUT2D eigenvalue weighted by Gasteiger charge is -2.07. The van der Waals surface area contributed by atoms with Gasteiger partial charge in [-0.1, -0.05) is 60.3 Å². The van der Waals surface area contributed by atoms with E-state index in [1.54, 1.807) is 22.2 Å². The summed E-state index contributed by atoms with van der Waals surface area (Å²) in [4.78, 5) is 22.0. The number of hydrogen-bond donors (Lipinski definition) is 1. The molecule has 0 spiro atoms. The van der Waals surface area contributed by atoms with Crippen LogP contribution in [0.3, 0.4) is 0 Å². The van der Waals surface area contributed by atoms with E-state index in [0.717, 1.165) is 33.4 Å². The van der Waals surface area contributed by atoms with Crippen LogP contribution in [0, 0.1) is 0 Å². The van der Waals surface area contributed by atoms with Crippen molar-refractivity contribution in [1.82, 2.24) is 13.8 Å². The molecule has 8 heteroatoms. The highest BCUT2D eigenvalue weighted by atomic mass is 32.2. The highest BCUT2D eigenvalue weighted by Gasteiger charge is 2.20. The molecule has 30 heavy (non-hydrogen) atoms. The lowest BCUT2D eigenvalue weighted by atomic mass is 10.0. The maximum atomic E-state index is 12.7. The first-order valence-electron chi connectivity index (χ1n) is 9.33. The van der Waals surface area contributed by atoms with Crippen molar-refractivity contribution in [2.45, 2.75) is 17.8 Å². The van der Waals surface area contributed by atoms with Crippen LogP contribution in [0.1, 0.15) is 23.6 Å². The molecule has 0 radical (unpaired) electrons. The van der Waals surface area contributed by atoms with E-state index in [1.807, 2.05) is 49.4 Å². The fourth-order valence-electron chi connectivity index (χ4n) is 3.41. The molecule has 2 N–H and O–H groups in total. The van der Waals surface area contributed by atoms with Gasteiger partial charge in [-0.25, -0.2) is 4.40 Å². The second-order valence-electron chi connectivity index (χ2n) is 6.85. The number of rotatable bonds is 4. The topological polar surface area (TPSA) is 85.6 Å². The van der Waals surface area contributed by atoms with Crippen molar-refractivity contribution in [3.05, 3.63) is 81.6 Å². The molecule has 4 aromatic rings. The Morgan fingerprint density at radius 2 is 1.90 bits per heavy atom. The fourth-order valence-corrected chi connectivity index (χ4v) is 5.22. The van der Waals surface area contributed by atoms with Gasteiger partial charge in [-0.3, -0.25) is 9.79 Å². The Morgan fingerprint density at radius 1 is 1.13 bits per heavy atom. The zero-order valence-corrected chi connectivity index (χ0v) is 17.7. The molecular formula is C22H17N5OS2. The number of thioether (sulfide) groups is 1. The summed E-state index contributed by atoms with van der Waals surface area (Å²) in [5.74, 6) is 1.10. The van der Waals surface area contributed by atoms with E-state index in [1.165, 1.54) is 17.1 Å². The number of hydrogen-bond acceptors (Lipinski definition) is 7. The van der Waals surface area contributed by atoms with Crippen LogP contribution >= 0.6 is 23.3 Å². The average molecular weight is 432 g/mol. The Bertz CT molecular complexity index is 1390. The summed E-state index contributed by atoms with van der Waals surface area (Å²) < 4.78 is 6.24. The van der Waals surface area contributed by atoms with E-state index in [4.69, 9.17) is 5.73 Å². The molecule has 0 amide bonds. The number of benzene rings is 2. The highest BCUT2D eigenvalue weighted by molar-refractivity contribution is 7.98. The molecule has 6 nitrogen and oxygen atoms in total. The number of para-hydroxylation sites is 1. The second-order valence-corrected chi connectivity index (χ2v) is 8.52. The summed E-state index contributed by atoms with van der Waals surface area (Å²) in [5, 5.41) is 0.723. The minimum Gasteiger partial charge on any atom is -0.384 e. The van der Waals surface area contributed by atoms with Gasteiger partial charge in [0.15, 0.2) is 5.16 Å². The molecule has 0 atom stereocenters. The fraction of sp³-hybridized carbons (Fsp3) is 0.0909.